The molecule has 0 unspecified atom stereocenters. The minimum absolute atomic E-state index is 0.0311. The van der Waals surface area contributed by atoms with Gasteiger partial charge in [0.25, 0.3) is 5.91 Å². The van der Waals surface area contributed by atoms with E-state index < -0.39 is 12.1 Å². The van der Waals surface area contributed by atoms with Crippen molar-refractivity contribution in [3.05, 3.63) is 29.3 Å². The predicted octanol–water partition coefficient (Wildman–Crippen LogP) is 1.44. The van der Waals surface area contributed by atoms with Gasteiger partial charge in [-0.2, -0.15) is 0 Å². The van der Waals surface area contributed by atoms with Crippen molar-refractivity contribution in [1.82, 2.24) is 4.90 Å². The van der Waals surface area contributed by atoms with Crippen molar-refractivity contribution in [1.29, 1.82) is 0 Å². The lowest BCUT2D eigenvalue weighted by Crippen LogP contribution is -2.46. The fourth-order valence-electron chi connectivity index (χ4n) is 3.35. The number of morpholine rings is 1. The molecule has 3 rings (SSSR count). The van der Waals surface area contributed by atoms with E-state index >= 15 is 0 Å². The fraction of sp³-hybridized carbons (Fsp3) is 0.500. The van der Waals surface area contributed by atoms with Gasteiger partial charge in [0.2, 0.25) is 5.91 Å². The van der Waals surface area contributed by atoms with Crippen LogP contribution < -0.4 is 4.90 Å². The van der Waals surface area contributed by atoms with E-state index in [-0.39, 0.29) is 24.8 Å². The summed E-state index contributed by atoms with van der Waals surface area (Å²) in [4.78, 5) is 39.3. The highest BCUT2D eigenvalue weighted by atomic mass is 16.5. The van der Waals surface area contributed by atoms with Crippen LogP contribution in [0.15, 0.2) is 18.2 Å². The molecule has 2 heterocycles. The molecule has 1 N–H and O–H groups in total. The van der Waals surface area contributed by atoms with E-state index in [1.54, 1.807) is 15.9 Å². The fourth-order valence-corrected chi connectivity index (χ4v) is 3.35. The number of carboxylic acids is 1. The number of amides is 2. The molecule has 7 heteroatoms. The molecule has 2 saturated heterocycles. The zero-order chi connectivity index (χ0) is 18.0. The molecule has 1 aromatic rings. The molecule has 0 saturated carbocycles. The summed E-state index contributed by atoms with van der Waals surface area (Å²) in [5, 5.41) is 8.93. The molecular weight excluding hydrogens is 324 g/mol. The smallest absolute Gasteiger partial charge is 0.306 e. The third kappa shape index (κ3) is 3.82. The first-order valence-electron chi connectivity index (χ1n) is 8.49. The molecular formula is C18H22N2O5. The third-order valence-electron chi connectivity index (χ3n) is 4.57. The number of nitrogens with zero attached hydrogens (tertiary/aromatic N) is 2. The number of carbonyl (C=O) groups is 3. The number of carboxylic acid groups (broad SMARTS) is 1. The van der Waals surface area contributed by atoms with Crippen molar-refractivity contribution in [3.63, 3.8) is 0 Å². The molecule has 2 amide bonds. The second-order valence-corrected chi connectivity index (χ2v) is 6.51. The van der Waals surface area contributed by atoms with Crippen molar-refractivity contribution in [3.8, 4) is 0 Å². The van der Waals surface area contributed by atoms with Gasteiger partial charge < -0.3 is 19.6 Å². The Labute approximate surface area is 146 Å². The van der Waals surface area contributed by atoms with Gasteiger partial charge in [-0.1, -0.05) is 11.6 Å². The topological polar surface area (TPSA) is 87.2 Å². The largest absolute Gasteiger partial charge is 0.481 e. The molecule has 2 aliphatic rings. The zero-order valence-corrected chi connectivity index (χ0v) is 14.2. The van der Waals surface area contributed by atoms with Gasteiger partial charge >= 0.3 is 5.97 Å². The number of anilines is 1. The van der Waals surface area contributed by atoms with Gasteiger partial charge in [-0.05, 0) is 25.5 Å². The number of hydrogen-bond donors (Lipinski definition) is 1. The zero-order valence-electron chi connectivity index (χ0n) is 14.2. The highest BCUT2D eigenvalue weighted by molar-refractivity contribution is 6.05. The van der Waals surface area contributed by atoms with Crippen LogP contribution in [-0.2, 0) is 14.3 Å². The van der Waals surface area contributed by atoms with Crippen LogP contribution in [0.5, 0.6) is 0 Å². The SMILES string of the molecule is Cc1ccc(N2CCCC2=O)c(C(=O)N2CCO[C@H](CC(=O)O)C2)c1. The van der Waals surface area contributed by atoms with Crippen molar-refractivity contribution in [2.45, 2.75) is 32.3 Å². The molecule has 1 aromatic carbocycles. The van der Waals surface area contributed by atoms with Gasteiger partial charge in [0.1, 0.15) is 0 Å². The summed E-state index contributed by atoms with van der Waals surface area (Å²) < 4.78 is 5.44. The van der Waals surface area contributed by atoms with Crippen LogP contribution >= 0.6 is 0 Å². The Morgan fingerprint density at radius 1 is 1.32 bits per heavy atom. The number of aliphatic carboxylic acids is 1. The van der Waals surface area contributed by atoms with Crippen LogP contribution in [0.2, 0.25) is 0 Å². The molecule has 134 valence electrons. The van der Waals surface area contributed by atoms with E-state index in [0.29, 0.717) is 37.4 Å². The number of aryl methyl sites for hydroxylation is 1. The van der Waals surface area contributed by atoms with E-state index in [4.69, 9.17) is 9.84 Å². The average molecular weight is 346 g/mol. The Morgan fingerprint density at radius 2 is 2.12 bits per heavy atom. The van der Waals surface area contributed by atoms with Crippen LogP contribution in [0.25, 0.3) is 0 Å². The van der Waals surface area contributed by atoms with Crippen LogP contribution in [0.4, 0.5) is 5.69 Å². The molecule has 1 atom stereocenters. The Bertz CT molecular complexity index is 703. The van der Waals surface area contributed by atoms with Gasteiger partial charge in [0.05, 0.1) is 30.4 Å². The molecule has 0 aliphatic carbocycles. The summed E-state index contributed by atoms with van der Waals surface area (Å²) in [6.45, 7) is 3.49. The lowest BCUT2D eigenvalue weighted by Gasteiger charge is -2.33. The first-order valence-corrected chi connectivity index (χ1v) is 8.49. The summed E-state index contributed by atoms with van der Waals surface area (Å²) in [6.07, 6.45) is 0.657. The summed E-state index contributed by atoms with van der Waals surface area (Å²) in [7, 11) is 0. The molecule has 7 nitrogen and oxygen atoms in total. The number of ether oxygens (including phenoxy) is 1. The molecule has 0 aromatic heterocycles. The number of rotatable bonds is 4. The van der Waals surface area contributed by atoms with Gasteiger partial charge in [-0.25, -0.2) is 0 Å². The second-order valence-electron chi connectivity index (χ2n) is 6.51. The lowest BCUT2D eigenvalue weighted by atomic mass is 10.1. The summed E-state index contributed by atoms with van der Waals surface area (Å²) >= 11 is 0. The molecule has 2 aliphatic heterocycles. The van der Waals surface area contributed by atoms with Gasteiger partial charge in [-0.3, -0.25) is 14.4 Å². The maximum Gasteiger partial charge on any atom is 0.306 e. The van der Waals surface area contributed by atoms with Gasteiger partial charge in [0, 0.05) is 26.1 Å². The van der Waals surface area contributed by atoms with Gasteiger partial charge in [0.15, 0.2) is 0 Å². The average Bonchev–Trinajstić information content (AvgIpc) is 2.99. The number of carbonyl (C=O) groups excluding carboxylic acids is 2. The maximum absolute atomic E-state index is 13.1. The van der Waals surface area contributed by atoms with Crippen molar-refractivity contribution >= 4 is 23.5 Å². The number of benzene rings is 1. The molecule has 0 spiro atoms. The van der Waals surface area contributed by atoms with E-state index in [1.807, 2.05) is 19.1 Å². The minimum Gasteiger partial charge on any atom is -0.481 e. The maximum atomic E-state index is 13.1. The number of hydrogen-bond acceptors (Lipinski definition) is 4. The Hall–Kier alpha value is -2.41. The van der Waals surface area contributed by atoms with E-state index in [1.165, 1.54) is 0 Å². The van der Waals surface area contributed by atoms with Crippen LogP contribution in [0.1, 0.15) is 35.2 Å². The van der Waals surface area contributed by atoms with Crippen LogP contribution in [-0.4, -0.2) is 60.1 Å². The quantitative estimate of drug-likeness (QED) is 0.891. The third-order valence-corrected chi connectivity index (χ3v) is 4.57. The standard InChI is InChI=1S/C18H22N2O5/c1-12-4-5-15(20-6-2-3-16(20)21)14(9-12)18(24)19-7-8-25-13(11-19)10-17(22)23/h4-5,9,13H,2-3,6-8,10-11H2,1H3,(H,22,23)/t13-/m1/s1. The second kappa shape index (κ2) is 7.23. The van der Waals surface area contributed by atoms with E-state index in [2.05, 4.69) is 0 Å². The van der Waals surface area contributed by atoms with E-state index in [9.17, 15) is 14.4 Å². The normalized spacial score (nSPS) is 20.8. The monoisotopic (exact) mass is 346 g/mol. The first kappa shape index (κ1) is 17.4. The highest BCUT2D eigenvalue weighted by Gasteiger charge is 2.31. The van der Waals surface area contributed by atoms with E-state index in [0.717, 1.165) is 12.0 Å². The van der Waals surface area contributed by atoms with Crippen LogP contribution in [0.3, 0.4) is 0 Å². The summed E-state index contributed by atoms with van der Waals surface area (Å²) in [6, 6.07) is 5.51. The molecule has 2 fully saturated rings. The molecule has 0 bridgehead atoms. The molecule has 0 radical (unpaired) electrons. The Morgan fingerprint density at radius 3 is 2.80 bits per heavy atom. The summed E-state index contributed by atoms with van der Waals surface area (Å²) in [5.74, 6) is -1.10. The van der Waals surface area contributed by atoms with Gasteiger partial charge in [-0.15, -0.1) is 0 Å². The van der Waals surface area contributed by atoms with Crippen molar-refractivity contribution < 1.29 is 24.2 Å². The van der Waals surface area contributed by atoms with Crippen molar-refractivity contribution in [2.24, 2.45) is 0 Å². The van der Waals surface area contributed by atoms with Crippen LogP contribution in [0, 0.1) is 6.92 Å². The Balaban J connectivity index is 1.85. The van der Waals surface area contributed by atoms with Crippen molar-refractivity contribution in [2.75, 3.05) is 31.1 Å². The highest BCUT2D eigenvalue weighted by Crippen LogP contribution is 2.28. The summed E-state index contributed by atoms with van der Waals surface area (Å²) in [5.41, 5.74) is 2.07. The minimum atomic E-state index is -0.946. The Kier molecular flexibility index (Phi) is 5.03. The lowest BCUT2D eigenvalue weighted by molar-refractivity contribution is -0.141. The predicted molar refractivity (Wildman–Crippen MR) is 90.7 cm³/mol. The molecule has 25 heavy (non-hydrogen) atoms. The first-order chi connectivity index (χ1) is 12.0.